The van der Waals surface area contributed by atoms with Gasteiger partial charge in [-0.05, 0) is 12.1 Å². The van der Waals surface area contributed by atoms with E-state index >= 15 is 0 Å². The third-order valence-electron chi connectivity index (χ3n) is 2.69. The van der Waals surface area contributed by atoms with Crippen LogP contribution in [0, 0.1) is 0 Å². The zero-order valence-electron chi connectivity index (χ0n) is 10.0. The lowest BCUT2D eigenvalue weighted by Gasteiger charge is -2.18. The maximum atomic E-state index is 12.9. The second-order valence-corrected chi connectivity index (χ2v) is 5.11. The van der Waals surface area contributed by atoms with Crippen LogP contribution in [0.25, 0.3) is 0 Å². The zero-order valence-corrected chi connectivity index (χ0v) is 10.9. The van der Waals surface area contributed by atoms with Crippen LogP contribution >= 0.6 is 11.8 Å². The molecular weight excluding hydrogens is 301 g/mol. The first-order valence-electron chi connectivity index (χ1n) is 5.36. The lowest BCUT2D eigenvalue weighted by Crippen LogP contribution is -2.43. The van der Waals surface area contributed by atoms with Crippen molar-refractivity contribution < 1.29 is 26.7 Å². The molecule has 0 fully saturated rings. The Morgan fingerprint density at radius 1 is 1.20 bits per heavy atom. The van der Waals surface area contributed by atoms with Gasteiger partial charge in [-0.2, -0.15) is 22.0 Å². The molecule has 2 rings (SSSR count). The first-order chi connectivity index (χ1) is 9.14. The fourth-order valence-electron chi connectivity index (χ4n) is 1.59. The summed E-state index contributed by atoms with van der Waals surface area (Å²) in [5.74, 6) is -7.65. The van der Waals surface area contributed by atoms with Crippen LogP contribution in [0.5, 0.6) is 0 Å². The lowest BCUT2D eigenvalue weighted by atomic mass is 10.2. The van der Waals surface area contributed by atoms with Crippen LogP contribution in [0.1, 0.15) is 0 Å². The van der Waals surface area contributed by atoms with Crippen molar-refractivity contribution in [2.24, 2.45) is 0 Å². The molecule has 1 aromatic rings. The average molecular weight is 309 g/mol. The first-order valence-corrected chi connectivity index (χ1v) is 6.17. The molecule has 8 heteroatoms. The second kappa shape index (κ2) is 4.76. The molecule has 0 saturated carbocycles. The summed E-state index contributed by atoms with van der Waals surface area (Å²) in [5.41, 5.74) is 0.645. The molecular formula is C12H8F5NOS. The molecule has 2 nitrogen and oxygen atoms in total. The molecule has 1 aliphatic rings. The number of halogens is 5. The summed E-state index contributed by atoms with van der Waals surface area (Å²) in [6.07, 6.45) is -5.56. The quantitative estimate of drug-likeness (QED) is 0.611. The van der Waals surface area contributed by atoms with Crippen molar-refractivity contribution in [3.63, 3.8) is 0 Å². The molecule has 0 saturated heterocycles. The van der Waals surface area contributed by atoms with E-state index < -0.39 is 17.9 Å². The first kappa shape index (κ1) is 14.8. The Morgan fingerprint density at radius 3 is 2.35 bits per heavy atom. The van der Waals surface area contributed by atoms with Crippen molar-refractivity contribution in [2.45, 2.75) is 17.0 Å². The third-order valence-corrected chi connectivity index (χ3v) is 3.86. The predicted octanol–water partition coefficient (Wildman–Crippen LogP) is 3.84. The monoisotopic (exact) mass is 309 g/mol. The summed E-state index contributed by atoms with van der Waals surface area (Å²) in [7, 11) is 1.49. The third kappa shape index (κ3) is 2.39. The van der Waals surface area contributed by atoms with Crippen LogP contribution in [-0.4, -0.2) is 24.9 Å². The maximum Gasteiger partial charge on any atom is 0.461 e. The van der Waals surface area contributed by atoms with Crippen molar-refractivity contribution in [3.8, 4) is 0 Å². The van der Waals surface area contributed by atoms with Gasteiger partial charge >= 0.3 is 12.1 Å². The number of para-hydroxylation sites is 1. The maximum absolute atomic E-state index is 12.9. The summed E-state index contributed by atoms with van der Waals surface area (Å²) >= 11 is 0.965. The minimum absolute atomic E-state index is 0.0279. The van der Waals surface area contributed by atoms with Gasteiger partial charge in [0.25, 0.3) is 0 Å². The Balaban J connectivity index is 2.29. The van der Waals surface area contributed by atoms with Gasteiger partial charge in [0.15, 0.2) is 0 Å². The number of allylic oxidation sites excluding steroid dienone is 1. The van der Waals surface area contributed by atoms with Crippen molar-refractivity contribution in [3.05, 3.63) is 35.4 Å². The van der Waals surface area contributed by atoms with E-state index in [1.54, 1.807) is 24.3 Å². The minimum Gasteiger partial charge on any atom is -0.338 e. The molecule has 0 amide bonds. The molecule has 0 radical (unpaired) electrons. The Labute approximate surface area is 115 Å². The average Bonchev–Trinajstić information content (AvgIpc) is 2.65. The highest BCUT2D eigenvalue weighted by Gasteiger charge is 2.62. The molecule has 0 N–H and O–H groups in total. The molecule has 0 atom stereocenters. The SMILES string of the molecule is CN1/C(=C/C(=O)C(F)(F)C(F)(F)F)Sc2ccccc21. The number of anilines is 1. The number of nitrogens with zero attached hydrogens (tertiary/aromatic N) is 1. The normalized spacial score (nSPS) is 17.5. The van der Waals surface area contributed by atoms with Gasteiger partial charge in [0.1, 0.15) is 0 Å². The molecule has 0 aromatic heterocycles. The highest BCUT2D eigenvalue weighted by molar-refractivity contribution is 8.03. The molecule has 0 unspecified atom stereocenters. The van der Waals surface area contributed by atoms with E-state index in [-0.39, 0.29) is 5.03 Å². The number of rotatable bonds is 2. The molecule has 0 aliphatic carbocycles. The second-order valence-electron chi connectivity index (χ2n) is 4.05. The highest BCUT2D eigenvalue weighted by atomic mass is 32.2. The molecule has 1 heterocycles. The number of benzene rings is 1. The van der Waals surface area contributed by atoms with E-state index in [1.807, 2.05) is 0 Å². The Hall–Kier alpha value is -1.57. The number of carbonyl (C=O) groups excluding carboxylic acids is 1. The number of thioether (sulfide) groups is 1. The largest absolute Gasteiger partial charge is 0.461 e. The summed E-state index contributed by atoms with van der Waals surface area (Å²) in [6.45, 7) is 0. The van der Waals surface area contributed by atoms with Crippen LogP contribution in [-0.2, 0) is 4.79 Å². The molecule has 108 valence electrons. The Morgan fingerprint density at radius 2 is 1.80 bits per heavy atom. The van der Waals surface area contributed by atoms with Crippen molar-refractivity contribution in [1.29, 1.82) is 0 Å². The molecule has 20 heavy (non-hydrogen) atoms. The van der Waals surface area contributed by atoms with E-state index in [9.17, 15) is 26.7 Å². The summed E-state index contributed by atoms with van der Waals surface area (Å²) in [5, 5.41) is 0.0279. The number of hydrogen-bond donors (Lipinski definition) is 0. The fraction of sp³-hybridized carbons (Fsp3) is 0.250. The minimum atomic E-state index is -5.89. The highest BCUT2D eigenvalue weighted by Crippen LogP contribution is 2.45. The molecule has 0 bridgehead atoms. The van der Waals surface area contributed by atoms with Crippen molar-refractivity contribution in [2.75, 3.05) is 11.9 Å². The van der Waals surface area contributed by atoms with E-state index in [4.69, 9.17) is 0 Å². The summed E-state index contributed by atoms with van der Waals surface area (Å²) < 4.78 is 62.1. The number of carbonyl (C=O) groups is 1. The van der Waals surface area contributed by atoms with Crippen LogP contribution in [0.4, 0.5) is 27.6 Å². The van der Waals surface area contributed by atoms with E-state index in [1.165, 1.54) is 11.9 Å². The van der Waals surface area contributed by atoms with Gasteiger partial charge in [-0.1, -0.05) is 23.9 Å². The van der Waals surface area contributed by atoms with E-state index in [0.29, 0.717) is 16.7 Å². The van der Waals surface area contributed by atoms with Gasteiger partial charge in [-0.25, -0.2) is 0 Å². The van der Waals surface area contributed by atoms with Gasteiger partial charge in [0, 0.05) is 18.0 Å². The lowest BCUT2D eigenvalue weighted by molar-refractivity contribution is -0.266. The smallest absolute Gasteiger partial charge is 0.338 e. The Bertz CT molecular complexity index is 581. The topological polar surface area (TPSA) is 20.3 Å². The number of alkyl halides is 5. The summed E-state index contributed by atoms with van der Waals surface area (Å²) in [6, 6.07) is 6.76. The fourth-order valence-corrected chi connectivity index (χ4v) is 2.67. The summed E-state index contributed by atoms with van der Waals surface area (Å²) in [4.78, 5) is 13.3. The van der Waals surface area contributed by atoms with Crippen LogP contribution in [0.2, 0.25) is 0 Å². The van der Waals surface area contributed by atoms with Gasteiger partial charge in [-0.15, -0.1) is 0 Å². The van der Waals surface area contributed by atoms with Gasteiger partial charge < -0.3 is 4.90 Å². The number of fused-ring (bicyclic) bond motifs is 1. The van der Waals surface area contributed by atoms with E-state index in [2.05, 4.69) is 0 Å². The van der Waals surface area contributed by atoms with Gasteiger partial charge in [-0.3, -0.25) is 4.79 Å². The van der Waals surface area contributed by atoms with Crippen molar-refractivity contribution in [1.82, 2.24) is 0 Å². The standard InChI is InChI=1S/C12H8F5NOS/c1-18-7-4-2-3-5-8(7)20-10(18)6-9(19)11(13,14)12(15,16)17/h2-6H,1H3/b10-6-. The van der Waals surface area contributed by atoms with E-state index in [0.717, 1.165) is 11.8 Å². The van der Waals surface area contributed by atoms with Crippen LogP contribution in [0.15, 0.2) is 40.3 Å². The van der Waals surface area contributed by atoms with Crippen LogP contribution < -0.4 is 4.90 Å². The number of hydrogen-bond acceptors (Lipinski definition) is 3. The predicted molar refractivity (Wildman–Crippen MR) is 64.8 cm³/mol. The molecule has 1 aliphatic heterocycles. The van der Waals surface area contributed by atoms with Gasteiger partial charge in [0.05, 0.1) is 10.7 Å². The molecule has 1 aromatic carbocycles. The van der Waals surface area contributed by atoms with Gasteiger partial charge in [0.2, 0.25) is 5.78 Å². The molecule has 0 spiro atoms. The number of ketones is 1. The Kier molecular flexibility index (Phi) is 3.53. The van der Waals surface area contributed by atoms with Crippen molar-refractivity contribution >= 4 is 23.2 Å². The van der Waals surface area contributed by atoms with Crippen LogP contribution in [0.3, 0.4) is 0 Å². The zero-order chi connectivity index (χ0) is 15.1.